The Bertz CT molecular complexity index is 831. The Morgan fingerprint density at radius 2 is 1.81 bits per heavy atom. The lowest BCUT2D eigenvalue weighted by molar-refractivity contribution is -0.385. The molecule has 0 radical (unpaired) electrons. The predicted molar refractivity (Wildman–Crippen MR) is 90.3 cm³/mol. The van der Waals surface area contributed by atoms with Crippen molar-refractivity contribution in [1.29, 1.82) is 0 Å². The van der Waals surface area contributed by atoms with Crippen LogP contribution >= 0.6 is 0 Å². The van der Waals surface area contributed by atoms with E-state index in [1.54, 1.807) is 26.8 Å². The van der Waals surface area contributed by atoms with Crippen molar-refractivity contribution < 1.29 is 28.0 Å². The highest BCUT2D eigenvalue weighted by molar-refractivity contribution is 5.95. The summed E-state index contributed by atoms with van der Waals surface area (Å²) in [5.74, 6) is -0.963. The molecule has 0 aliphatic carbocycles. The molecule has 0 aliphatic rings. The van der Waals surface area contributed by atoms with Gasteiger partial charge in [-0.2, -0.15) is 8.78 Å². The van der Waals surface area contributed by atoms with Crippen LogP contribution in [0.1, 0.15) is 31.1 Å². The molecule has 2 aromatic rings. The van der Waals surface area contributed by atoms with Gasteiger partial charge in [0.2, 0.25) is 0 Å². The molecule has 2 rings (SSSR count). The Morgan fingerprint density at radius 3 is 2.38 bits per heavy atom. The molecular weight excluding hydrogens is 348 g/mol. The van der Waals surface area contributed by atoms with Crippen molar-refractivity contribution in [3.63, 3.8) is 0 Å². The van der Waals surface area contributed by atoms with Gasteiger partial charge in [-0.25, -0.2) is 4.79 Å². The molecule has 0 aromatic heterocycles. The van der Waals surface area contributed by atoms with E-state index in [1.165, 1.54) is 30.3 Å². The third kappa shape index (κ3) is 4.75. The number of hydrogen-bond acceptors (Lipinski definition) is 5. The Balaban J connectivity index is 2.50. The number of esters is 1. The van der Waals surface area contributed by atoms with E-state index < -0.39 is 28.8 Å². The second kappa shape index (κ2) is 7.47. The number of nitro groups is 1. The zero-order chi connectivity index (χ0) is 19.5. The number of halogens is 2. The maximum absolute atomic E-state index is 12.6. The Hall–Kier alpha value is -3.03. The van der Waals surface area contributed by atoms with Crippen molar-refractivity contribution in [2.45, 2.75) is 33.0 Å². The number of alkyl halides is 2. The van der Waals surface area contributed by atoms with Gasteiger partial charge in [-0.1, -0.05) is 24.3 Å². The first-order valence-corrected chi connectivity index (χ1v) is 7.64. The van der Waals surface area contributed by atoms with Crippen LogP contribution in [0.3, 0.4) is 0 Å². The molecule has 0 saturated carbocycles. The number of benzene rings is 2. The van der Waals surface area contributed by atoms with Crippen molar-refractivity contribution in [2.75, 3.05) is 0 Å². The third-order valence-electron chi connectivity index (χ3n) is 3.23. The van der Waals surface area contributed by atoms with Gasteiger partial charge < -0.3 is 9.47 Å². The SMILES string of the molecule is CC(C)(C)OC(=O)c1ccc(-c2ccccc2OC(F)F)cc1[N+](=O)[O-]. The minimum absolute atomic E-state index is 0.123. The van der Waals surface area contributed by atoms with Crippen LogP contribution in [0.25, 0.3) is 11.1 Å². The standard InChI is InChI=1S/C18H17F2NO5/c1-18(2,3)26-16(22)13-9-8-11(10-14(13)21(23)24)12-6-4-5-7-15(12)25-17(19)20/h4-10,17H,1-3H3. The number of nitrogens with zero attached hydrogens (tertiary/aromatic N) is 1. The lowest BCUT2D eigenvalue weighted by Crippen LogP contribution is -2.24. The van der Waals surface area contributed by atoms with Crippen molar-refractivity contribution in [3.05, 3.63) is 58.1 Å². The fourth-order valence-corrected chi connectivity index (χ4v) is 2.26. The van der Waals surface area contributed by atoms with Crippen LogP contribution in [0.4, 0.5) is 14.5 Å². The summed E-state index contributed by atoms with van der Waals surface area (Å²) in [6.45, 7) is 1.89. The average Bonchev–Trinajstić information content (AvgIpc) is 2.52. The number of carbonyl (C=O) groups is 1. The van der Waals surface area contributed by atoms with E-state index in [0.717, 1.165) is 6.07 Å². The van der Waals surface area contributed by atoms with Gasteiger partial charge in [0.25, 0.3) is 5.69 Å². The fourth-order valence-electron chi connectivity index (χ4n) is 2.26. The van der Waals surface area contributed by atoms with Crippen molar-refractivity contribution in [3.8, 4) is 16.9 Å². The average molecular weight is 365 g/mol. The topological polar surface area (TPSA) is 78.7 Å². The number of carbonyl (C=O) groups excluding carboxylic acids is 1. The van der Waals surface area contributed by atoms with E-state index in [0.29, 0.717) is 0 Å². The summed E-state index contributed by atoms with van der Waals surface area (Å²) < 4.78 is 34.7. The van der Waals surface area contributed by atoms with Crippen LogP contribution in [-0.2, 0) is 4.74 Å². The summed E-state index contributed by atoms with van der Waals surface area (Å²) >= 11 is 0. The van der Waals surface area contributed by atoms with Gasteiger partial charge in [-0.3, -0.25) is 10.1 Å². The van der Waals surface area contributed by atoms with Gasteiger partial charge in [0, 0.05) is 11.6 Å². The largest absolute Gasteiger partial charge is 0.456 e. The molecule has 0 fully saturated rings. The molecule has 0 saturated heterocycles. The minimum Gasteiger partial charge on any atom is -0.456 e. The Labute approximate surface area is 148 Å². The smallest absolute Gasteiger partial charge is 0.387 e. The Kier molecular flexibility index (Phi) is 5.54. The second-order valence-electron chi connectivity index (χ2n) is 6.37. The zero-order valence-electron chi connectivity index (χ0n) is 14.4. The van der Waals surface area contributed by atoms with E-state index >= 15 is 0 Å². The molecule has 0 amide bonds. The monoisotopic (exact) mass is 365 g/mol. The molecule has 0 heterocycles. The lowest BCUT2D eigenvalue weighted by Gasteiger charge is -2.19. The molecule has 138 valence electrons. The molecule has 0 N–H and O–H groups in total. The molecule has 26 heavy (non-hydrogen) atoms. The number of nitro benzene ring substituents is 1. The number of rotatable bonds is 5. The quantitative estimate of drug-likeness (QED) is 0.431. The number of ether oxygens (including phenoxy) is 2. The van der Waals surface area contributed by atoms with Crippen LogP contribution < -0.4 is 4.74 Å². The summed E-state index contributed by atoms with van der Waals surface area (Å²) in [5.41, 5.74) is -1.02. The van der Waals surface area contributed by atoms with E-state index in [1.807, 2.05) is 0 Å². The van der Waals surface area contributed by atoms with Crippen LogP contribution in [-0.4, -0.2) is 23.1 Å². The summed E-state index contributed by atoms with van der Waals surface area (Å²) in [7, 11) is 0. The van der Waals surface area contributed by atoms with E-state index in [9.17, 15) is 23.7 Å². The van der Waals surface area contributed by atoms with Gasteiger partial charge in [0.05, 0.1) is 4.92 Å². The normalized spacial score (nSPS) is 11.3. The molecule has 0 bridgehead atoms. The molecule has 0 spiro atoms. The van der Waals surface area contributed by atoms with Gasteiger partial charge in [-0.15, -0.1) is 0 Å². The van der Waals surface area contributed by atoms with Crippen molar-refractivity contribution >= 4 is 11.7 Å². The highest BCUT2D eigenvalue weighted by Gasteiger charge is 2.26. The van der Waals surface area contributed by atoms with Crippen LogP contribution in [0, 0.1) is 10.1 Å². The molecule has 8 heteroatoms. The second-order valence-corrected chi connectivity index (χ2v) is 6.37. The van der Waals surface area contributed by atoms with Crippen molar-refractivity contribution in [2.24, 2.45) is 0 Å². The first-order valence-electron chi connectivity index (χ1n) is 7.64. The molecule has 0 atom stereocenters. The molecular formula is C18H17F2NO5. The third-order valence-corrected chi connectivity index (χ3v) is 3.23. The first kappa shape index (κ1) is 19.3. The zero-order valence-corrected chi connectivity index (χ0v) is 14.4. The number of hydrogen-bond donors (Lipinski definition) is 0. The molecule has 6 nitrogen and oxygen atoms in total. The summed E-state index contributed by atoms with van der Waals surface area (Å²) in [6.07, 6.45) is 0. The highest BCUT2D eigenvalue weighted by atomic mass is 19.3. The van der Waals surface area contributed by atoms with Crippen molar-refractivity contribution in [1.82, 2.24) is 0 Å². The van der Waals surface area contributed by atoms with Gasteiger partial charge in [0.1, 0.15) is 16.9 Å². The molecule has 0 aliphatic heterocycles. The van der Waals surface area contributed by atoms with E-state index in [4.69, 9.17) is 4.74 Å². The maximum atomic E-state index is 12.6. The van der Waals surface area contributed by atoms with E-state index in [-0.39, 0.29) is 22.4 Å². The van der Waals surface area contributed by atoms with Crippen LogP contribution in [0.2, 0.25) is 0 Å². The maximum Gasteiger partial charge on any atom is 0.387 e. The fraction of sp³-hybridized carbons (Fsp3) is 0.278. The minimum atomic E-state index is -3.04. The summed E-state index contributed by atoms with van der Waals surface area (Å²) in [4.78, 5) is 22.9. The number of para-hydroxylation sites is 1. The van der Waals surface area contributed by atoms with Crippen LogP contribution in [0.5, 0.6) is 5.75 Å². The Morgan fingerprint density at radius 1 is 1.15 bits per heavy atom. The predicted octanol–water partition coefficient (Wildman–Crippen LogP) is 4.82. The summed E-state index contributed by atoms with van der Waals surface area (Å²) in [6, 6.07) is 9.69. The lowest BCUT2D eigenvalue weighted by atomic mass is 10.0. The van der Waals surface area contributed by atoms with Crippen LogP contribution in [0.15, 0.2) is 42.5 Å². The molecule has 2 aromatic carbocycles. The summed E-state index contributed by atoms with van der Waals surface area (Å²) in [5, 5.41) is 11.4. The first-order chi connectivity index (χ1) is 12.1. The van der Waals surface area contributed by atoms with Gasteiger partial charge >= 0.3 is 12.6 Å². The van der Waals surface area contributed by atoms with Gasteiger partial charge in [0.15, 0.2) is 0 Å². The highest BCUT2D eigenvalue weighted by Crippen LogP contribution is 2.34. The molecule has 0 unspecified atom stereocenters. The van der Waals surface area contributed by atoms with Gasteiger partial charge in [-0.05, 0) is 38.5 Å². The van der Waals surface area contributed by atoms with E-state index in [2.05, 4.69) is 4.74 Å².